The number of hydrogen-bond acceptors (Lipinski definition) is 4. The van der Waals surface area contributed by atoms with Crippen LogP contribution in [0.4, 0.5) is 34.1 Å². The highest BCUT2D eigenvalue weighted by atomic mass is 15.1. The number of benzene rings is 4. The fraction of sp³-hybridized carbons (Fsp3) is 0.235. The summed E-state index contributed by atoms with van der Waals surface area (Å²) in [6.45, 7) is 8.91. The third-order valence-electron chi connectivity index (χ3n) is 7.61. The molecule has 192 valence electrons. The lowest BCUT2D eigenvalue weighted by Crippen LogP contribution is -2.61. The zero-order valence-electron chi connectivity index (χ0n) is 23.2. The minimum absolute atomic E-state index is 0.206. The Balaban J connectivity index is 1.35. The second-order valence-electron chi connectivity index (χ2n) is 11.0. The lowest BCUT2D eigenvalue weighted by molar-refractivity contribution is 0.491. The molecule has 0 spiro atoms. The monoisotopic (exact) mass is 500 g/mol. The Bertz CT molecular complexity index is 1320. The number of rotatable bonds is 6. The normalized spacial score (nSPS) is 15.4. The highest BCUT2D eigenvalue weighted by molar-refractivity contribution is 6.34. The second kappa shape index (κ2) is 9.94. The van der Waals surface area contributed by atoms with Crippen LogP contribution in [0.1, 0.15) is 27.7 Å². The molecular formula is C34H36N4. The first-order valence-electron chi connectivity index (χ1n) is 13.1. The number of nitrogens with zero attached hydrogens (tertiary/aromatic N) is 4. The summed E-state index contributed by atoms with van der Waals surface area (Å²) in [7, 11) is 4.17. The van der Waals surface area contributed by atoms with Crippen LogP contribution in [0.5, 0.6) is 0 Å². The standard InChI is InChI=1S/C34H36N4/c1-33(2)31(35-25-17-21-29(22-18-25)37(5)27-13-9-7-10-14-27)34(3,4)32(33)36-26-19-23-30(24-20-26)38(6)28-15-11-8-12-16-28/h7-24H,1-6H3. The van der Waals surface area contributed by atoms with Gasteiger partial charge in [-0.25, -0.2) is 0 Å². The predicted octanol–water partition coefficient (Wildman–Crippen LogP) is 9.13. The molecule has 1 aliphatic rings. The summed E-state index contributed by atoms with van der Waals surface area (Å²) in [5.74, 6) is 0. The molecule has 0 bridgehead atoms. The Morgan fingerprint density at radius 3 is 1.03 bits per heavy atom. The molecule has 4 nitrogen and oxygen atoms in total. The van der Waals surface area contributed by atoms with Crippen LogP contribution in [0.3, 0.4) is 0 Å². The SMILES string of the molecule is CN(c1ccccc1)c1ccc(N=C2C(C)(C)C(=Nc3ccc(N(C)c4ccccc4)cc3)C2(C)C)cc1. The Kier molecular flexibility index (Phi) is 6.66. The highest BCUT2D eigenvalue weighted by Crippen LogP contribution is 2.50. The van der Waals surface area contributed by atoms with Crippen LogP contribution in [0, 0.1) is 10.8 Å². The molecule has 0 atom stereocenters. The molecule has 38 heavy (non-hydrogen) atoms. The topological polar surface area (TPSA) is 31.2 Å². The largest absolute Gasteiger partial charge is 0.345 e. The van der Waals surface area contributed by atoms with Gasteiger partial charge < -0.3 is 9.80 Å². The summed E-state index contributed by atoms with van der Waals surface area (Å²) >= 11 is 0. The number of anilines is 4. The van der Waals surface area contributed by atoms with Crippen molar-refractivity contribution in [3.05, 3.63) is 109 Å². The summed E-state index contributed by atoms with van der Waals surface area (Å²) in [4.78, 5) is 14.6. The predicted molar refractivity (Wildman–Crippen MR) is 164 cm³/mol. The van der Waals surface area contributed by atoms with Gasteiger partial charge in [0, 0.05) is 59.1 Å². The van der Waals surface area contributed by atoms with Gasteiger partial charge in [0.2, 0.25) is 0 Å². The molecule has 0 unspecified atom stereocenters. The molecule has 4 aromatic carbocycles. The van der Waals surface area contributed by atoms with E-state index < -0.39 is 0 Å². The third kappa shape index (κ3) is 4.74. The molecule has 0 heterocycles. The van der Waals surface area contributed by atoms with Crippen molar-refractivity contribution in [1.82, 2.24) is 0 Å². The van der Waals surface area contributed by atoms with Gasteiger partial charge in [0.25, 0.3) is 0 Å². The van der Waals surface area contributed by atoms with Crippen LogP contribution in [0.25, 0.3) is 0 Å². The van der Waals surface area contributed by atoms with Crippen molar-refractivity contribution >= 4 is 45.5 Å². The molecule has 0 amide bonds. The zero-order valence-corrected chi connectivity index (χ0v) is 23.2. The number of aliphatic imine (C=N–C) groups is 2. The van der Waals surface area contributed by atoms with Gasteiger partial charge >= 0.3 is 0 Å². The fourth-order valence-electron chi connectivity index (χ4n) is 5.64. The maximum atomic E-state index is 5.12. The number of para-hydroxylation sites is 2. The van der Waals surface area contributed by atoms with Gasteiger partial charge in [0.15, 0.2) is 0 Å². The van der Waals surface area contributed by atoms with E-state index in [1.54, 1.807) is 0 Å². The van der Waals surface area contributed by atoms with Crippen molar-refractivity contribution in [3.63, 3.8) is 0 Å². The smallest absolute Gasteiger partial charge is 0.0631 e. The molecule has 0 radical (unpaired) electrons. The van der Waals surface area contributed by atoms with Crippen molar-refractivity contribution in [3.8, 4) is 0 Å². The van der Waals surface area contributed by atoms with Crippen molar-refractivity contribution < 1.29 is 0 Å². The lowest BCUT2D eigenvalue weighted by Gasteiger charge is -2.52. The minimum atomic E-state index is -0.206. The molecular weight excluding hydrogens is 464 g/mol. The van der Waals surface area contributed by atoms with E-state index in [2.05, 4.69) is 149 Å². The van der Waals surface area contributed by atoms with Crippen molar-refractivity contribution in [2.24, 2.45) is 20.8 Å². The van der Waals surface area contributed by atoms with Crippen LogP contribution in [0.2, 0.25) is 0 Å². The molecule has 0 aliphatic heterocycles. The summed E-state index contributed by atoms with van der Waals surface area (Å²) in [6, 6.07) is 37.7. The Labute approximate surface area is 227 Å². The van der Waals surface area contributed by atoms with Gasteiger partial charge in [0.05, 0.1) is 11.4 Å². The van der Waals surface area contributed by atoms with Gasteiger partial charge in [0.1, 0.15) is 0 Å². The second-order valence-corrected chi connectivity index (χ2v) is 11.0. The van der Waals surface area contributed by atoms with Gasteiger partial charge in [-0.3, -0.25) is 9.98 Å². The first-order valence-corrected chi connectivity index (χ1v) is 13.1. The van der Waals surface area contributed by atoms with Gasteiger partial charge in [-0.05, 0) is 100 Å². The molecule has 0 aromatic heterocycles. The van der Waals surface area contributed by atoms with Crippen molar-refractivity contribution in [2.75, 3.05) is 23.9 Å². The summed E-state index contributed by atoms with van der Waals surface area (Å²) in [5.41, 5.74) is 8.44. The fourth-order valence-corrected chi connectivity index (χ4v) is 5.64. The van der Waals surface area contributed by atoms with E-state index in [-0.39, 0.29) is 10.8 Å². The quantitative estimate of drug-likeness (QED) is 0.264. The Morgan fingerprint density at radius 1 is 0.421 bits per heavy atom. The van der Waals surface area contributed by atoms with Crippen LogP contribution in [-0.4, -0.2) is 25.5 Å². The van der Waals surface area contributed by atoms with E-state index in [0.29, 0.717) is 0 Å². The molecule has 1 saturated carbocycles. The molecule has 0 N–H and O–H groups in total. The van der Waals surface area contributed by atoms with Crippen LogP contribution in [0.15, 0.2) is 119 Å². The molecule has 5 rings (SSSR count). The molecule has 1 fully saturated rings. The summed E-state index contributed by atoms with van der Waals surface area (Å²) in [6.07, 6.45) is 0. The van der Waals surface area contributed by atoms with E-state index in [1.165, 1.54) is 0 Å². The maximum Gasteiger partial charge on any atom is 0.0631 e. The van der Waals surface area contributed by atoms with Crippen LogP contribution in [-0.2, 0) is 0 Å². The minimum Gasteiger partial charge on any atom is -0.345 e. The first-order chi connectivity index (χ1) is 18.2. The van der Waals surface area contributed by atoms with Gasteiger partial charge in [-0.2, -0.15) is 0 Å². The average molecular weight is 501 g/mol. The van der Waals surface area contributed by atoms with Crippen molar-refractivity contribution in [1.29, 1.82) is 0 Å². The van der Waals surface area contributed by atoms with E-state index in [0.717, 1.165) is 45.5 Å². The zero-order chi connectivity index (χ0) is 26.9. The first kappa shape index (κ1) is 25.5. The van der Waals surface area contributed by atoms with E-state index in [9.17, 15) is 0 Å². The molecule has 4 aromatic rings. The summed E-state index contributed by atoms with van der Waals surface area (Å²) < 4.78 is 0. The maximum absolute atomic E-state index is 5.12. The molecule has 4 heteroatoms. The van der Waals surface area contributed by atoms with Crippen molar-refractivity contribution in [2.45, 2.75) is 27.7 Å². The van der Waals surface area contributed by atoms with E-state index >= 15 is 0 Å². The highest BCUT2D eigenvalue weighted by Gasteiger charge is 2.56. The van der Waals surface area contributed by atoms with Crippen LogP contribution < -0.4 is 9.80 Å². The molecule has 0 saturated heterocycles. The Morgan fingerprint density at radius 2 is 0.711 bits per heavy atom. The summed E-state index contributed by atoms with van der Waals surface area (Å²) in [5, 5.41) is 0. The third-order valence-corrected chi connectivity index (χ3v) is 7.61. The van der Waals surface area contributed by atoms with Gasteiger partial charge in [-0.1, -0.05) is 36.4 Å². The van der Waals surface area contributed by atoms with E-state index in [4.69, 9.17) is 9.98 Å². The molecule has 1 aliphatic carbocycles. The van der Waals surface area contributed by atoms with Crippen LogP contribution >= 0.6 is 0 Å². The van der Waals surface area contributed by atoms with Gasteiger partial charge in [-0.15, -0.1) is 0 Å². The Hall–Kier alpha value is -4.18. The van der Waals surface area contributed by atoms with E-state index in [1.807, 2.05) is 12.1 Å². The number of hydrogen-bond donors (Lipinski definition) is 0. The lowest BCUT2D eigenvalue weighted by atomic mass is 9.52. The average Bonchev–Trinajstić information content (AvgIpc) is 2.95.